The van der Waals surface area contributed by atoms with Crippen LogP contribution in [-0.4, -0.2) is 47.2 Å². The molecule has 6 heteroatoms. The van der Waals surface area contributed by atoms with Crippen LogP contribution in [0.15, 0.2) is 42.9 Å². The zero-order valence-electron chi connectivity index (χ0n) is 12.6. The van der Waals surface area contributed by atoms with Crippen LogP contribution in [0, 0.1) is 11.3 Å². The van der Waals surface area contributed by atoms with Crippen molar-refractivity contribution in [3.8, 4) is 6.07 Å². The molecule has 0 aliphatic carbocycles. The molecule has 5 nitrogen and oxygen atoms in total. The number of ether oxygens (including phenoxy) is 1. The lowest BCUT2D eigenvalue weighted by molar-refractivity contribution is 0.0242. The Morgan fingerprint density at radius 1 is 1.17 bits per heavy atom. The molecule has 2 unspecified atom stereocenters. The Kier molecular flexibility index (Phi) is 5.19. The van der Waals surface area contributed by atoms with Gasteiger partial charge >= 0.3 is 0 Å². The van der Waals surface area contributed by atoms with Gasteiger partial charge in [0.2, 0.25) is 0 Å². The van der Waals surface area contributed by atoms with E-state index in [2.05, 4.69) is 20.9 Å². The number of morpholine rings is 1. The second-order valence-electron chi connectivity index (χ2n) is 5.36. The van der Waals surface area contributed by atoms with Crippen molar-refractivity contribution in [3.05, 3.63) is 59.1 Å². The second kappa shape index (κ2) is 7.51. The van der Waals surface area contributed by atoms with Gasteiger partial charge in [-0.15, -0.1) is 0 Å². The molecule has 0 spiro atoms. The van der Waals surface area contributed by atoms with Crippen LogP contribution in [0.3, 0.4) is 0 Å². The fourth-order valence-electron chi connectivity index (χ4n) is 2.96. The topological polar surface area (TPSA) is 62.0 Å². The van der Waals surface area contributed by atoms with Gasteiger partial charge in [-0.2, -0.15) is 5.26 Å². The Balaban J connectivity index is 2.04. The van der Waals surface area contributed by atoms with Crippen LogP contribution in [0.1, 0.15) is 17.0 Å². The van der Waals surface area contributed by atoms with E-state index in [-0.39, 0.29) is 12.0 Å². The molecule has 1 saturated heterocycles. The first-order chi connectivity index (χ1) is 11.3. The van der Waals surface area contributed by atoms with Crippen molar-refractivity contribution in [2.75, 3.05) is 26.3 Å². The van der Waals surface area contributed by atoms with Crippen LogP contribution >= 0.6 is 11.6 Å². The minimum absolute atomic E-state index is 0.178. The minimum atomic E-state index is -0.331. The summed E-state index contributed by atoms with van der Waals surface area (Å²) in [4.78, 5) is 10.4. The maximum absolute atomic E-state index is 9.85. The zero-order chi connectivity index (χ0) is 16.1. The number of hydrogen-bond acceptors (Lipinski definition) is 5. The van der Waals surface area contributed by atoms with Crippen molar-refractivity contribution in [2.24, 2.45) is 0 Å². The largest absolute Gasteiger partial charge is 0.379 e. The second-order valence-corrected chi connectivity index (χ2v) is 5.72. The van der Waals surface area contributed by atoms with Crippen molar-refractivity contribution < 1.29 is 4.74 Å². The van der Waals surface area contributed by atoms with Crippen LogP contribution in [-0.2, 0) is 4.74 Å². The third kappa shape index (κ3) is 3.50. The van der Waals surface area contributed by atoms with Crippen LogP contribution in [0.4, 0.5) is 0 Å². The molecule has 1 fully saturated rings. The highest BCUT2D eigenvalue weighted by Crippen LogP contribution is 2.34. The summed E-state index contributed by atoms with van der Waals surface area (Å²) in [6.07, 6.45) is 5.13. The average Bonchev–Trinajstić information content (AvgIpc) is 2.62. The van der Waals surface area contributed by atoms with E-state index in [1.165, 1.54) is 0 Å². The third-order valence-electron chi connectivity index (χ3n) is 4.08. The summed E-state index contributed by atoms with van der Waals surface area (Å²) in [5, 5.41) is 10.3. The van der Waals surface area contributed by atoms with Crippen molar-refractivity contribution in [1.29, 1.82) is 5.26 Å². The average molecular weight is 329 g/mol. The first-order valence-corrected chi connectivity index (χ1v) is 7.91. The van der Waals surface area contributed by atoms with Gasteiger partial charge in [-0.3, -0.25) is 9.88 Å². The third-order valence-corrected chi connectivity index (χ3v) is 4.39. The van der Waals surface area contributed by atoms with Crippen LogP contribution in [0.5, 0.6) is 0 Å². The van der Waals surface area contributed by atoms with Crippen molar-refractivity contribution >= 4 is 11.6 Å². The Hall–Kier alpha value is -2.00. The van der Waals surface area contributed by atoms with Gasteiger partial charge in [0.25, 0.3) is 0 Å². The van der Waals surface area contributed by atoms with Crippen molar-refractivity contribution in [2.45, 2.75) is 12.0 Å². The summed E-state index contributed by atoms with van der Waals surface area (Å²) < 4.78 is 5.41. The van der Waals surface area contributed by atoms with Gasteiger partial charge in [-0.25, -0.2) is 4.98 Å². The molecule has 0 bridgehead atoms. The summed E-state index contributed by atoms with van der Waals surface area (Å²) in [6.45, 7) is 2.75. The predicted molar refractivity (Wildman–Crippen MR) is 87.1 cm³/mol. The van der Waals surface area contributed by atoms with E-state index < -0.39 is 0 Å². The summed E-state index contributed by atoms with van der Waals surface area (Å²) in [6, 6.07) is 9.77. The highest BCUT2D eigenvalue weighted by Gasteiger charge is 2.32. The molecule has 0 N–H and O–H groups in total. The van der Waals surface area contributed by atoms with Crippen LogP contribution in [0.2, 0.25) is 5.15 Å². The molecule has 0 aromatic carbocycles. The first kappa shape index (κ1) is 15.9. The highest BCUT2D eigenvalue weighted by molar-refractivity contribution is 6.30. The fourth-order valence-corrected chi connectivity index (χ4v) is 3.19. The normalized spacial score (nSPS) is 18.1. The van der Waals surface area contributed by atoms with Gasteiger partial charge in [-0.1, -0.05) is 17.7 Å². The molecule has 23 heavy (non-hydrogen) atoms. The van der Waals surface area contributed by atoms with Gasteiger partial charge in [0, 0.05) is 37.6 Å². The summed E-state index contributed by atoms with van der Waals surface area (Å²) in [5.41, 5.74) is 1.87. The van der Waals surface area contributed by atoms with E-state index in [1.807, 2.05) is 24.3 Å². The lowest BCUT2D eigenvalue weighted by Crippen LogP contribution is -2.46. The molecule has 2 atom stereocenters. The molecule has 0 radical (unpaired) electrons. The molecule has 0 saturated carbocycles. The SMILES string of the molecule is N#CC(C(c1ccncc1)c1cccnc1Cl)N1CCOCC1. The predicted octanol–water partition coefficient (Wildman–Crippen LogP) is 2.49. The Morgan fingerprint density at radius 3 is 2.57 bits per heavy atom. The number of nitrogens with zero attached hydrogens (tertiary/aromatic N) is 4. The maximum atomic E-state index is 9.85. The number of aromatic nitrogens is 2. The molecule has 2 aromatic rings. The van der Waals surface area contributed by atoms with E-state index in [1.54, 1.807) is 18.6 Å². The summed E-state index contributed by atoms with van der Waals surface area (Å²) >= 11 is 6.33. The molecule has 1 aliphatic heterocycles. The molecular weight excluding hydrogens is 312 g/mol. The van der Waals surface area contributed by atoms with E-state index in [9.17, 15) is 5.26 Å². The zero-order valence-corrected chi connectivity index (χ0v) is 13.4. The first-order valence-electron chi connectivity index (χ1n) is 7.53. The number of nitriles is 1. The standard InChI is InChI=1S/C17H17ClN4O/c18-17-14(2-1-5-21-17)16(13-3-6-20-7-4-13)15(12-19)22-8-10-23-11-9-22/h1-7,15-16H,8-11H2. The van der Waals surface area contributed by atoms with E-state index in [0.29, 0.717) is 18.4 Å². The smallest absolute Gasteiger partial charge is 0.132 e. The molecule has 3 rings (SSSR count). The summed E-state index contributed by atoms with van der Waals surface area (Å²) in [5.74, 6) is -0.178. The molecule has 0 amide bonds. The fraction of sp³-hybridized carbons (Fsp3) is 0.353. The van der Waals surface area contributed by atoms with Gasteiger partial charge in [-0.05, 0) is 29.3 Å². The van der Waals surface area contributed by atoms with Gasteiger partial charge in [0.05, 0.1) is 19.3 Å². The van der Waals surface area contributed by atoms with E-state index >= 15 is 0 Å². The molecule has 1 aliphatic rings. The van der Waals surface area contributed by atoms with E-state index in [4.69, 9.17) is 16.3 Å². The van der Waals surface area contributed by atoms with Crippen molar-refractivity contribution in [3.63, 3.8) is 0 Å². The molecule has 2 aromatic heterocycles. The quantitative estimate of drug-likeness (QED) is 0.807. The Bertz CT molecular complexity index is 682. The minimum Gasteiger partial charge on any atom is -0.379 e. The van der Waals surface area contributed by atoms with E-state index in [0.717, 1.165) is 24.2 Å². The summed E-state index contributed by atoms with van der Waals surface area (Å²) in [7, 11) is 0. The number of hydrogen-bond donors (Lipinski definition) is 0. The molecule has 3 heterocycles. The maximum Gasteiger partial charge on any atom is 0.132 e. The number of pyridine rings is 2. The molecule has 118 valence electrons. The van der Waals surface area contributed by atoms with Crippen LogP contribution in [0.25, 0.3) is 0 Å². The Morgan fingerprint density at radius 2 is 1.91 bits per heavy atom. The number of halogens is 1. The lowest BCUT2D eigenvalue weighted by atomic mass is 9.86. The lowest BCUT2D eigenvalue weighted by Gasteiger charge is -2.35. The van der Waals surface area contributed by atoms with Crippen molar-refractivity contribution in [1.82, 2.24) is 14.9 Å². The number of rotatable bonds is 4. The van der Waals surface area contributed by atoms with Gasteiger partial charge in [0.15, 0.2) is 0 Å². The Labute approximate surface area is 140 Å². The van der Waals surface area contributed by atoms with Gasteiger partial charge < -0.3 is 4.74 Å². The van der Waals surface area contributed by atoms with Crippen LogP contribution < -0.4 is 0 Å². The monoisotopic (exact) mass is 328 g/mol. The van der Waals surface area contributed by atoms with Gasteiger partial charge in [0.1, 0.15) is 11.2 Å². The molecular formula is C17H17ClN4O. The highest BCUT2D eigenvalue weighted by atomic mass is 35.5.